The van der Waals surface area contributed by atoms with Gasteiger partial charge in [-0.05, 0) is 36.8 Å². The van der Waals surface area contributed by atoms with E-state index in [1.165, 1.54) is 12.2 Å². The number of allylic oxidation sites excluding steroid dienone is 1. The lowest BCUT2D eigenvalue weighted by atomic mass is 10.0. The molecule has 1 aromatic rings. The summed E-state index contributed by atoms with van der Waals surface area (Å²) in [6.45, 7) is 0.674. The second-order valence-electron chi connectivity index (χ2n) is 6.88. The molecule has 1 aliphatic carbocycles. The van der Waals surface area contributed by atoms with Crippen LogP contribution in [0.4, 0.5) is 24.5 Å². The molecule has 1 unspecified atom stereocenters. The predicted octanol–water partition coefficient (Wildman–Crippen LogP) is 3.39. The van der Waals surface area contributed by atoms with Gasteiger partial charge in [-0.2, -0.15) is 13.2 Å². The highest BCUT2D eigenvalue weighted by atomic mass is 19.4. The number of aliphatic imine (C=N–C) groups is 1. The first kappa shape index (κ1) is 20.8. The van der Waals surface area contributed by atoms with Crippen LogP contribution in [0.1, 0.15) is 12.8 Å². The summed E-state index contributed by atoms with van der Waals surface area (Å²) in [5.41, 5.74) is 2.07. The standard InChI is InChI=1S/C20H23F3N4O2/c1-24-19(28)5-4-10-26(2)13-6-8-15-17(11-13)29-18-12-14(7-9-16(18)25-15)27(3)20(21,22)23/h6-9,11-12,18H,4-5,10H2,1-3H3,(H,24,28). The van der Waals surface area contributed by atoms with E-state index in [0.717, 1.165) is 12.7 Å². The number of nitrogens with zero attached hydrogens (tertiary/aromatic N) is 3. The van der Waals surface area contributed by atoms with Crippen molar-refractivity contribution in [1.82, 2.24) is 10.2 Å². The topological polar surface area (TPSA) is 57.2 Å². The summed E-state index contributed by atoms with van der Waals surface area (Å²) < 4.78 is 44.8. The van der Waals surface area contributed by atoms with Crippen molar-refractivity contribution in [2.75, 3.05) is 32.6 Å². The Hall–Kier alpha value is -2.97. The number of halogens is 3. The number of alkyl halides is 3. The van der Waals surface area contributed by atoms with Crippen molar-refractivity contribution in [3.05, 3.63) is 42.1 Å². The molecule has 1 N–H and O–H groups in total. The minimum Gasteiger partial charge on any atom is -0.478 e. The quantitative estimate of drug-likeness (QED) is 0.734. The van der Waals surface area contributed by atoms with Crippen molar-refractivity contribution < 1.29 is 22.7 Å². The van der Waals surface area contributed by atoms with Gasteiger partial charge in [-0.15, -0.1) is 0 Å². The number of nitrogens with one attached hydrogen (secondary N) is 1. The zero-order valence-corrected chi connectivity index (χ0v) is 16.5. The molecule has 1 heterocycles. The summed E-state index contributed by atoms with van der Waals surface area (Å²) >= 11 is 0. The number of anilines is 1. The first-order chi connectivity index (χ1) is 13.7. The van der Waals surface area contributed by atoms with Gasteiger partial charge in [0.1, 0.15) is 11.4 Å². The molecule has 3 rings (SSSR count). The van der Waals surface area contributed by atoms with Crippen LogP contribution in [0.3, 0.4) is 0 Å². The summed E-state index contributed by atoms with van der Waals surface area (Å²) in [6.07, 6.45) is 0.318. The van der Waals surface area contributed by atoms with E-state index in [2.05, 4.69) is 10.3 Å². The molecular formula is C20H23F3N4O2. The Bertz CT molecular complexity index is 877. The molecule has 0 fully saturated rings. The van der Waals surface area contributed by atoms with Gasteiger partial charge >= 0.3 is 6.30 Å². The van der Waals surface area contributed by atoms with E-state index in [4.69, 9.17) is 4.74 Å². The highest BCUT2D eigenvalue weighted by molar-refractivity contribution is 6.04. The zero-order valence-electron chi connectivity index (χ0n) is 16.5. The largest absolute Gasteiger partial charge is 0.484 e. The number of carbonyl (C=O) groups excluding carboxylic acids is 1. The first-order valence-electron chi connectivity index (χ1n) is 9.20. The van der Waals surface area contributed by atoms with Crippen molar-refractivity contribution in [1.29, 1.82) is 0 Å². The Morgan fingerprint density at radius 1 is 1.28 bits per heavy atom. The van der Waals surface area contributed by atoms with Gasteiger partial charge in [0, 0.05) is 51.6 Å². The highest BCUT2D eigenvalue weighted by Gasteiger charge is 2.37. The van der Waals surface area contributed by atoms with Gasteiger partial charge < -0.3 is 15.0 Å². The Morgan fingerprint density at radius 3 is 2.72 bits per heavy atom. The van der Waals surface area contributed by atoms with E-state index in [1.807, 2.05) is 30.1 Å². The van der Waals surface area contributed by atoms with Gasteiger partial charge in [0.2, 0.25) is 5.91 Å². The first-order valence-corrected chi connectivity index (χ1v) is 9.20. The van der Waals surface area contributed by atoms with E-state index < -0.39 is 12.4 Å². The SMILES string of the molecule is CNC(=O)CCCN(C)c1ccc2c(c1)OC1C=C(N(C)C(F)(F)F)C=CC1=N2. The summed E-state index contributed by atoms with van der Waals surface area (Å²) in [4.78, 5) is 18.1. The second-order valence-corrected chi connectivity index (χ2v) is 6.88. The van der Waals surface area contributed by atoms with E-state index >= 15 is 0 Å². The lowest BCUT2D eigenvalue weighted by molar-refractivity contribution is -0.222. The third kappa shape index (κ3) is 4.72. The predicted molar refractivity (Wildman–Crippen MR) is 106 cm³/mol. The molecule has 1 aromatic carbocycles. The maximum absolute atomic E-state index is 13.0. The lowest BCUT2D eigenvalue weighted by Crippen LogP contribution is -2.37. The molecular weight excluding hydrogens is 385 g/mol. The van der Waals surface area contributed by atoms with Gasteiger partial charge in [-0.25, -0.2) is 4.99 Å². The monoisotopic (exact) mass is 408 g/mol. The molecule has 2 aliphatic rings. The normalized spacial score (nSPS) is 17.4. The maximum atomic E-state index is 13.0. The van der Waals surface area contributed by atoms with E-state index in [9.17, 15) is 18.0 Å². The van der Waals surface area contributed by atoms with Crippen LogP contribution in [-0.4, -0.2) is 56.6 Å². The molecule has 1 amide bonds. The molecule has 9 heteroatoms. The van der Waals surface area contributed by atoms with Crippen LogP contribution in [0.5, 0.6) is 5.75 Å². The average molecular weight is 408 g/mol. The summed E-state index contributed by atoms with van der Waals surface area (Å²) in [5, 5.41) is 2.59. The van der Waals surface area contributed by atoms with Crippen molar-refractivity contribution in [2.45, 2.75) is 25.2 Å². The fourth-order valence-corrected chi connectivity index (χ4v) is 3.06. The molecule has 0 saturated carbocycles. The Morgan fingerprint density at radius 2 is 2.03 bits per heavy atom. The number of benzene rings is 1. The van der Waals surface area contributed by atoms with E-state index in [1.54, 1.807) is 13.1 Å². The molecule has 0 aromatic heterocycles. The Balaban J connectivity index is 1.74. The smallest absolute Gasteiger partial charge is 0.478 e. The molecule has 1 aliphatic heterocycles. The van der Waals surface area contributed by atoms with Gasteiger partial charge in [0.25, 0.3) is 0 Å². The lowest BCUT2D eigenvalue weighted by Gasteiger charge is -2.30. The molecule has 0 radical (unpaired) electrons. The van der Waals surface area contributed by atoms with Crippen molar-refractivity contribution in [2.24, 2.45) is 4.99 Å². The van der Waals surface area contributed by atoms with Crippen LogP contribution in [0.25, 0.3) is 0 Å². The molecule has 29 heavy (non-hydrogen) atoms. The molecule has 0 bridgehead atoms. The average Bonchev–Trinajstić information content (AvgIpc) is 2.69. The van der Waals surface area contributed by atoms with Crippen molar-refractivity contribution >= 4 is 23.0 Å². The summed E-state index contributed by atoms with van der Waals surface area (Å²) in [5.74, 6) is 0.501. The number of carbonyl (C=O) groups is 1. The number of fused-ring (bicyclic) bond motifs is 2. The van der Waals surface area contributed by atoms with Gasteiger partial charge in [0.15, 0.2) is 6.10 Å². The number of likely N-dealkylation sites (N-methyl/N-ethyl adjacent to an activating group) is 1. The minimum absolute atomic E-state index is 0.00683. The van der Waals surface area contributed by atoms with Crippen LogP contribution in [0.2, 0.25) is 0 Å². The van der Waals surface area contributed by atoms with E-state index in [-0.39, 0.29) is 16.5 Å². The summed E-state index contributed by atoms with van der Waals surface area (Å²) in [7, 11) is 4.48. The fourth-order valence-electron chi connectivity index (χ4n) is 3.06. The third-order valence-electron chi connectivity index (χ3n) is 4.87. The molecule has 156 valence electrons. The molecule has 1 atom stereocenters. The van der Waals surface area contributed by atoms with Gasteiger partial charge in [0.05, 0.1) is 5.71 Å². The number of ether oxygens (including phenoxy) is 1. The molecule has 6 nitrogen and oxygen atoms in total. The van der Waals surface area contributed by atoms with Gasteiger partial charge in [-0.3, -0.25) is 9.69 Å². The summed E-state index contributed by atoms with van der Waals surface area (Å²) in [6, 6.07) is 5.53. The van der Waals surface area contributed by atoms with Crippen LogP contribution in [-0.2, 0) is 4.79 Å². The maximum Gasteiger partial charge on any atom is 0.484 e. The van der Waals surface area contributed by atoms with Crippen LogP contribution in [0.15, 0.2) is 47.1 Å². The number of hydrogen-bond donors (Lipinski definition) is 1. The minimum atomic E-state index is -4.47. The third-order valence-corrected chi connectivity index (χ3v) is 4.87. The number of amides is 1. The van der Waals surface area contributed by atoms with E-state index in [0.29, 0.717) is 36.5 Å². The van der Waals surface area contributed by atoms with Crippen LogP contribution < -0.4 is 15.0 Å². The number of hydrogen-bond acceptors (Lipinski definition) is 5. The fraction of sp³-hybridized carbons (Fsp3) is 0.400. The number of rotatable bonds is 6. The second kappa shape index (κ2) is 8.18. The Labute approximate surface area is 167 Å². The van der Waals surface area contributed by atoms with Crippen LogP contribution >= 0.6 is 0 Å². The molecule has 0 spiro atoms. The highest BCUT2D eigenvalue weighted by Crippen LogP contribution is 2.38. The Kier molecular flexibility index (Phi) is 5.86. The molecule has 0 saturated heterocycles. The van der Waals surface area contributed by atoms with Crippen molar-refractivity contribution in [3.8, 4) is 5.75 Å². The van der Waals surface area contributed by atoms with Gasteiger partial charge in [-0.1, -0.05) is 0 Å². The van der Waals surface area contributed by atoms with Crippen LogP contribution in [0, 0.1) is 0 Å². The zero-order chi connectivity index (χ0) is 21.2. The van der Waals surface area contributed by atoms with Crippen molar-refractivity contribution in [3.63, 3.8) is 0 Å².